The monoisotopic (exact) mass is 547 g/mol. The summed E-state index contributed by atoms with van der Waals surface area (Å²) in [5, 5.41) is 9.55. The third kappa shape index (κ3) is 10.9. The van der Waals surface area contributed by atoms with Crippen molar-refractivity contribution in [3.8, 4) is 5.75 Å². The third-order valence-corrected chi connectivity index (χ3v) is 6.83. The molecule has 0 aliphatic heterocycles. The van der Waals surface area contributed by atoms with Gasteiger partial charge in [0.25, 0.3) is 5.91 Å². The van der Waals surface area contributed by atoms with E-state index < -0.39 is 23.7 Å². The molecule has 0 radical (unpaired) electrons. The van der Waals surface area contributed by atoms with Crippen LogP contribution in [0.2, 0.25) is 0 Å². The van der Waals surface area contributed by atoms with Gasteiger partial charge in [-0.1, -0.05) is 70.6 Å². The van der Waals surface area contributed by atoms with Crippen LogP contribution in [-0.4, -0.2) is 47.7 Å². The van der Waals surface area contributed by atoms with Gasteiger partial charge in [-0.05, 0) is 43.5 Å². The number of carboxylic acid groups (broad SMARTS) is 1. The average Bonchev–Trinajstić information content (AvgIpc) is 2.92. The number of halogens is 2. The van der Waals surface area contributed by atoms with E-state index in [0.29, 0.717) is 25.3 Å². The first-order valence-electron chi connectivity index (χ1n) is 14.1. The molecule has 39 heavy (non-hydrogen) atoms. The normalized spacial score (nSPS) is 12.6. The van der Waals surface area contributed by atoms with E-state index >= 15 is 0 Å². The molecule has 0 aliphatic carbocycles. The maximum Gasteiger partial charge on any atom is 0.333 e. The molecule has 1 amide bonds. The Hall–Kier alpha value is -3.00. The Bertz CT molecular complexity index is 1010. The van der Waals surface area contributed by atoms with Crippen LogP contribution in [0.1, 0.15) is 89.2 Å². The van der Waals surface area contributed by atoms with Crippen molar-refractivity contribution in [2.75, 3.05) is 19.8 Å². The van der Waals surface area contributed by atoms with Crippen molar-refractivity contribution in [3.63, 3.8) is 0 Å². The van der Waals surface area contributed by atoms with Crippen molar-refractivity contribution >= 4 is 11.9 Å². The van der Waals surface area contributed by atoms with Crippen molar-refractivity contribution in [3.05, 3.63) is 65.2 Å². The van der Waals surface area contributed by atoms with E-state index in [1.165, 1.54) is 31.4 Å². The summed E-state index contributed by atoms with van der Waals surface area (Å²) in [4.78, 5) is 26.3. The number of benzene rings is 2. The summed E-state index contributed by atoms with van der Waals surface area (Å²) in [7, 11) is 0. The lowest BCUT2D eigenvalue weighted by atomic mass is 9.91. The number of carbonyl (C=O) groups excluding carboxylic acids is 1. The summed E-state index contributed by atoms with van der Waals surface area (Å²) in [6.07, 6.45) is 7.25. The van der Waals surface area contributed by atoms with Gasteiger partial charge in [-0.15, -0.1) is 0 Å². The van der Waals surface area contributed by atoms with Crippen LogP contribution in [0.15, 0.2) is 42.5 Å². The zero-order valence-corrected chi connectivity index (χ0v) is 23.5. The smallest absolute Gasteiger partial charge is 0.333 e. The van der Waals surface area contributed by atoms with E-state index in [4.69, 9.17) is 9.47 Å². The van der Waals surface area contributed by atoms with Crippen molar-refractivity contribution in [2.24, 2.45) is 0 Å². The fraction of sp³-hybridized carbons (Fsp3) is 0.548. The summed E-state index contributed by atoms with van der Waals surface area (Å²) in [6.45, 7) is 6.41. The van der Waals surface area contributed by atoms with E-state index in [-0.39, 0.29) is 30.5 Å². The van der Waals surface area contributed by atoms with Gasteiger partial charge in [0.2, 0.25) is 0 Å². The number of rotatable bonds is 19. The SMILES string of the molecule is CCCCCCCCCN(Cc1ccc(F)cc1F)C(=O)COc1ccc(C(CC)[C@H](OCC)C(=O)O)cc1. The van der Waals surface area contributed by atoms with Gasteiger partial charge in [0.1, 0.15) is 17.4 Å². The molecule has 0 spiro atoms. The number of carboxylic acids is 1. The van der Waals surface area contributed by atoms with Crippen molar-refractivity contribution < 1.29 is 33.0 Å². The van der Waals surface area contributed by atoms with Crippen molar-refractivity contribution in [1.29, 1.82) is 0 Å². The Morgan fingerprint density at radius 2 is 1.59 bits per heavy atom. The molecule has 0 aromatic heterocycles. The highest BCUT2D eigenvalue weighted by atomic mass is 19.1. The topological polar surface area (TPSA) is 76.1 Å². The second kappa shape index (κ2) is 17.6. The van der Waals surface area contributed by atoms with Crippen LogP contribution in [0.5, 0.6) is 5.75 Å². The first-order valence-corrected chi connectivity index (χ1v) is 14.1. The van der Waals surface area contributed by atoms with Crippen LogP contribution in [0.4, 0.5) is 8.78 Å². The maximum atomic E-state index is 14.3. The van der Waals surface area contributed by atoms with Crippen LogP contribution in [-0.2, 0) is 20.9 Å². The summed E-state index contributed by atoms with van der Waals surface area (Å²) in [6, 6.07) is 10.4. The van der Waals surface area contributed by atoms with Crippen molar-refractivity contribution in [1.82, 2.24) is 4.90 Å². The molecule has 2 aromatic carbocycles. The van der Waals surface area contributed by atoms with Gasteiger partial charge < -0.3 is 19.5 Å². The molecule has 2 aromatic rings. The largest absolute Gasteiger partial charge is 0.484 e. The van der Waals surface area contributed by atoms with Gasteiger partial charge in [0, 0.05) is 37.2 Å². The Balaban J connectivity index is 2.02. The van der Waals surface area contributed by atoms with Gasteiger partial charge in [-0.25, -0.2) is 13.6 Å². The van der Waals surface area contributed by atoms with E-state index in [1.54, 1.807) is 36.1 Å². The highest BCUT2D eigenvalue weighted by Gasteiger charge is 2.28. The number of ether oxygens (including phenoxy) is 2. The lowest BCUT2D eigenvalue weighted by molar-refractivity contribution is -0.151. The molecule has 216 valence electrons. The molecule has 1 unspecified atom stereocenters. The first-order chi connectivity index (χ1) is 18.8. The molecule has 6 nitrogen and oxygen atoms in total. The first kappa shape index (κ1) is 32.2. The number of unbranched alkanes of at least 4 members (excludes halogenated alkanes) is 6. The Morgan fingerprint density at radius 3 is 2.18 bits per heavy atom. The van der Waals surface area contributed by atoms with E-state index in [9.17, 15) is 23.5 Å². The number of hydrogen-bond donors (Lipinski definition) is 1. The molecule has 8 heteroatoms. The Morgan fingerprint density at radius 1 is 0.923 bits per heavy atom. The summed E-state index contributed by atoms with van der Waals surface area (Å²) in [5.41, 5.74) is 1.06. The van der Waals surface area contributed by atoms with Crippen LogP contribution in [0.3, 0.4) is 0 Å². The minimum atomic E-state index is -1.01. The van der Waals surface area contributed by atoms with Gasteiger partial charge >= 0.3 is 5.97 Å². The molecule has 0 saturated heterocycles. The average molecular weight is 548 g/mol. The summed E-state index contributed by atoms with van der Waals surface area (Å²) >= 11 is 0. The number of amides is 1. The second-order valence-electron chi connectivity index (χ2n) is 9.76. The maximum absolute atomic E-state index is 14.3. The zero-order chi connectivity index (χ0) is 28.6. The summed E-state index contributed by atoms with van der Waals surface area (Å²) < 4.78 is 38.9. The number of hydrogen-bond acceptors (Lipinski definition) is 4. The standard InChI is InChI=1S/C31H43F2NO5/c1-4-7-8-9-10-11-12-19-34(21-24-13-16-25(32)20-28(24)33)29(35)22-39-26-17-14-23(15-18-26)27(5-2)30(31(36)37)38-6-3/h13-18,20,27,30H,4-12,19,21-22H2,1-3H3,(H,36,37)/t27?,30-/m0/s1. The van der Waals surface area contributed by atoms with E-state index in [2.05, 4.69) is 6.92 Å². The van der Waals surface area contributed by atoms with Gasteiger partial charge in [0.05, 0.1) is 0 Å². The quantitative estimate of drug-likeness (QED) is 0.190. The molecule has 0 fully saturated rings. The number of aliphatic carboxylic acids is 1. The predicted octanol–water partition coefficient (Wildman–Crippen LogP) is 7.11. The van der Waals surface area contributed by atoms with E-state index in [0.717, 1.165) is 37.3 Å². The second-order valence-corrected chi connectivity index (χ2v) is 9.76. The van der Waals surface area contributed by atoms with Gasteiger partial charge in [0.15, 0.2) is 12.7 Å². The van der Waals surface area contributed by atoms with E-state index in [1.807, 2.05) is 6.92 Å². The fourth-order valence-corrected chi connectivity index (χ4v) is 4.62. The molecular formula is C31H43F2NO5. The predicted molar refractivity (Wildman–Crippen MR) is 148 cm³/mol. The Kier molecular flexibility index (Phi) is 14.5. The molecule has 2 atom stereocenters. The summed E-state index contributed by atoms with van der Waals surface area (Å²) in [5.74, 6) is -2.48. The van der Waals surface area contributed by atoms with Crippen LogP contribution in [0.25, 0.3) is 0 Å². The highest BCUT2D eigenvalue weighted by Crippen LogP contribution is 2.28. The molecule has 2 rings (SSSR count). The highest BCUT2D eigenvalue weighted by molar-refractivity contribution is 5.77. The minimum Gasteiger partial charge on any atom is -0.484 e. The minimum absolute atomic E-state index is 0.0370. The zero-order valence-electron chi connectivity index (χ0n) is 23.5. The number of nitrogens with zero attached hydrogens (tertiary/aromatic N) is 1. The molecule has 0 saturated carbocycles. The molecule has 0 aliphatic rings. The fourth-order valence-electron chi connectivity index (χ4n) is 4.62. The molecule has 1 N–H and O–H groups in total. The lowest BCUT2D eigenvalue weighted by Gasteiger charge is -2.24. The third-order valence-electron chi connectivity index (χ3n) is 6.83. The molecule has 0 heterocycles. The lowest BCUT2D eigenvalue weighted by Crippen LogP contribution is -2.35. The van der Waals surface area contributed by atoms with Crippen LogP contribution < -0.4 is 4.74 Å². The van der Waals surface area contributed by atoms with Crippen LogP contribution in [0, 0.1) is 11.6 Å². The van der Waals surface area contributed by atoms with Gasteiger partial charge in [-0.3, -0.25) is 4.79 Å². The van der Waals surface area contributed by atoms with Crippen LogP contribution >= 0.6 is 0 Å². The van der Waals surface area contributed by atoms with Crippen molar-refractivity contribution in [2.45, 2.75) is 90.7 Å². The number of carbonyl (C=O) groups is 2. The molecular weight excluding hydrogens is 504 g/mol. The molecule has 0 bridgehead atoms. The van der Waals surface area contributed by atoms with Gasteiger partial charge in [-0.2, -0.15) is 0 Å². The Labute approximate surface area is 231 Å².